The third-order valence-corrected chi connectivity index (χ3v) is 3.77. The lowest BCUT2D eigenvalue weighted by Crippen LogP contribution is -2.12. The monoisotopic (exact) mass is 318 g/mol. The molecule has 0 aliphatic rings. The van der Waals surface area contributed by atoms with Crippen molar-refractivity contribution in [2.45, 2.75) is 26.6 Å². The van der Waals surface area contributed by atoms with Crippen molar-refractivity contribution >= 4 is 0 Å². The maximum absolute atomic E-state index is 5.91. The van der Waals surface area contributed by atoms with Crippen LogP contribution in [0.15, 0.2) is 73.1 Å². The summed E-state index contributed by atoms with van der Waals surface area (Å²) < 4.78 is 5.91. The first kappa shape index (κ1) is 16.2. The zero-order chi connectivity index (χ0) is 16.6. The van der Waals surface area contributed by atoms with Crippen LogP contribution < -0.4 is 10.1 Å². The third-order valence-electron chi connectivity index (χ3n) is 3.77. The fourth-order valence-electron chi connectivity index (χ4n) is 2.57. The molecule has 0 unspecified atom stereocenters. The highest BCUT2D eigenvalue weighted by atomic mass is 16.5. The van der Waals surface area contributed by atoms with Crippen LogP contribution in [0.25, 0.3) is 0 Å². The minimum Gasteiger partial charge on any atom is -0.489 e. The van der Waals surface area contributed by atoms with Gasteiger partial charge in [-0.05, 0) is 41.8 Å². The van der Waals surface area contributed by atoms with Crippen LogP contribution in [-0.4, -0.2) is 4.98 Å². The van der Waals surface area contributed by atoms with Gasteiger partial charge in [0.1, 0.15) is 12.4 Å². The second kappa shape index (κ2) is 8.27. The number of aryl methyl sites for hydroxylation is 1. The van der Waals surface area contributed by atoms with Crippen LogP contribution >= 0.6 is 0 Å². The first-order valence-corrected chi connectivity index (χ1v) is 8.16. The van der Waals surface area contributed by atoms with Crippen LogP contribution in [-0.2, 0) is 19.7 Å². The van der Waals surface area contributed by atoms with Gasteiger partial charge in [-0.15, -0.1) is 0 Å². The van der Waals surface area contributed by atoms with E-state index in [1.807, 2.05) is 24.4 Å². The molecule has 0 radical (unpaired) electrons. The summed E-state index contributed by atoms with van der Waals surface area (Å²) in [6.45, 7) is 4.30. The molecular formula is C21H22N2O. The number of hydrogen-bond donors (Lipinski definition) is 1. The van der Waals surface area contributed by atoms with Gasteiger partial charge in [-0.1, -0.05) is 48.0 Å². The second-order valence-electron chi connectivity index (χ2n) is 5.89. The fourth-order valence-corrected chi connectivity index (χ4v) is 2.57. The molecule has 3 aromatic rings. The van der Waals surface area contributed by atoms with Gasteiger partial charge in [0, 0.05) is 25.5 Å². The average molecular weight is 318 g/mol. The molecule has 122 valence electrons. The number of nitrogens with one attached hydrogen (secondary N) is 1. The van der Waals surface area contributed by atoms with E-state index in [9.17, 15) is 0 Å². The maximum atomic E-state index is 5.91. The minimum absolute atomic E-state index is 0.592. The largest absolute Gasteiger partial charge is 0.489 e. The number of ether oxygens (including phenoxy) is 1. The SMILES string of the molecule is Cc1cccc(COc2cccc(CNCc3cccnc3)c2)c1. The molecule has 3 rings (SSSR count). The van der Waals surface area contributed by atoms with Gasteiger partial charge in [0.05, 0.1) is 0 Å². The first-order chi connectivity index (χ1) is 11.8. The summed E-state index contributed by atoms with van der Waals surface area (Å²) in [5.74, 6) is 0.900. The second-order valence-corrected chi connectivity index (χ2v) is 5.89. The molecule has 0 saturated carbocycles. The summed E-state index contributed by atoms with van der Waals surface area (Å²) in [6, 6.07) is 20.7. The van der Waals surface area contributed by atoms with E-state index in [4.69, 9.17) is 4.74 Å². The average Bonchev–Trinajstić information content (AvgIpc) is 2.61. The van der Waals surface area contributed by atoms with E-state index >= 15 is 0 Å². The van der Waals surface area contributed by atoms with E-state index in [1.54, 1.807) is 6.20 Å². The first-order valence-electron chi connectivity index (χ1n) is 8.16. The molecule has 0 aliphatic carbocycles. The van der Waals surface area contributed by atoms with Gasteiger partial charge in [-0.2, -0.15) is 0 Å². The van der Waals surface area contributed by atoms with Gasteiger partial charge in [-0.3, -0.25) is 4.98 Å². The van der Waals surface area contributed by atoms with Crippen LogP contribution in [0.2, 0.25) is 0 Å². The number of rotatable bonds is 7. The summed E-state index contributed by atoms with van der Waals surface area (Å²) in [4.78, 5) is 4.12. The molecule has 3 nitrogen and oxygen atoms in total. The van der Waals surface area contributed by atoms with Crippen molar-refractivity contribution in [2.75, 3.05) is 0 Å². The van der Waals surface area contributed by atoms with Crippen LogP contribution in [0.3, 0.4) is 0 Å². The van der Waals surface area contributed by atoms with Crippen molar-refractivity contribution in [3.63, 3.8) is 0 Å². The van der Waals surface area contributed by atoms with Crippen LogP contribution in [0, 0.1) is 6.92 Å². The predicted octanol–water partition coefficient (Wildman–Crippen LogP) is 4.26. The zero-order valence-electron chi connectivity index (χ0n) is 13.9. The van der Waals surface area contributed by atoms with Crippen molar-refractivity contribution in [1.29, 1.82) is 0 Å². The van der Waals surface area contributed by atoms with Gasteiger partial charge in [0.2, 0.25) is 0 Å². The molecule has 0 spiro atoms. The highest BCUT2D eigenvalue weighted by Gasteiger charge is 1.99. The molecule has 24 heavy (non-hydrogen) atoms. The number of hydrogen-bond acceptors (Lipinski definition) is 3. The van der Waals surface area contributed by atoms with E-state index in [1.165, 1.54) is 22.3 Å². The van der Waals surface area contributed by atoms with E-state index in [2.05, 4.69) is 59.7 Å². The summed E-state index contributed by atoms with van der Waals surface area (Å²) in [5, 5.41) is 3.43. The molecule has 0 amide bonds. The van der Waals surface area contributed by atoms with Crippen LogP contribution in [0.1, 0.15) is 22.3 Å². The molecule has 0 saturated heterocycles. The van der Waals surface area contributed by atoms with E-state index in [0.29, 0.717) is 6.61 Å². The lowest BCUT2D eigenvalue weighted by molar-refractivity contribution is 0.306. The molecule has 2 aromatic carbocycles. The molecule has 0 fully saturated rings. The molecule has 1 N–H and O–H groups in total. The van der Waals surface area contributed by atoms with Gasteiger partial charge in [0.15, 0.2) is 0 Å². The zero-order valence-corrected chi connectivity index (χ0v) is 13.9. The van der Waals surface area contributed by atoms with E-state index in [0.717, 1.165) is 18.8 Å². The standard InChI is InChI=1S/C21H22N2O/c1-17-5-2-7-19(11-17)16-24-21-9-3-6-18(12-21)13-23-15-20-8-4-10-22-14-20/h2-12,14,23H,13,15-16H2,1H3. The smallest absolute Gasteiger partial charge is 0.120 e. The van der Waals surface area contributed by atoms with E-state index < -0.39 is 0 Å². The van der Waals surface area contributed by atoms with Crippen molar-refractivity contribution < 1.29 is 4.74 Å². The quantitative estimate of drug-likeness (QED) is 0.707. The van der Waals surface area contributed by atoms with Crippen molar-refractivity contribution in [3.8, 4) is 5.75 Å². The molecule has 0 bridgehead atoms. The van der Waals surface area contributed by atoms with Gasteiger partial charge >= 0.3 is 0 Å². The van der Waals surface area contributed by atoms with Gasteiger partial charge in [-0.25, -0.2) is 0 Å². The summed E-state index contributed by atoms with van der Waals surface area (Å²) in [5.41, 5.74) is 4.84. The summed E-state index contributed by atoms with van der Waals surface area (Å²) >= 11 is 0. The fraction of sp³-hybridized carbons (Fsp3) is 0.190. The molecule has 1 heterocycles. The Hall–Kier alpha value is -2.65. The summed E-state index contributed by atoms with van der Waals surface area (Å²) in [7, 11) is 0. The topological polar surface area (TPSA) is 34.1 Å². The number of pyridine rings is 1. The van der Waals surface area contributed by atoms with Crippen LogP contribution in [0.4, 0.5) is 0 Å². The number of nitrogens with zero attached hydrogens (tertiary/aromatic N) is 1. The Balaban J connectivity index is 1.52. The Morgan fingerprint density at radius 2 is 1.67 bits per heavy atom. The summed E-state index contributed by atoms with van der Waals surface area (Å²) in [6.07, 6.45) is 3.67. The normalized spacial score (nSPS) is 10.5. The van der Waals surface area contributed by atoms with Crippen molar-refractivity contribution in [3.05, 3.63) is 95.3 Å². The Kier molecular flexibility index (Phi) is 5.59. The third kappa shape index (κ3) is 4.93. The van der Waals surface area contributed by atoms with Crippen LogP contribution in [0.5, 0.6) is 5.75 Å². The Bertz CT molecular complexity index is 772. The molecule has 0 atom stereocenters. The lowest BCUT2D eigenvalue weighted by Gasteiger charge is -2.09. The number of benzene rings is 2. The Morgan fingerprint density at radius 3 is 2.50 bits per heavy atom. The molecule has 0 aliphatic heterocycles. The minimum atomic E-state index is 0.592. The lowest BCUT2D eigenvalue weighted by atomic mass is 10.1. The maximum Gasteiger partial charge on any atom is 0.120 e. The van der Waals surface area contributed by atoms with Gasteiger partial charge < -0.3 is 10.1 Å². The molecule has 1 aromatic heterocycles. The highest BCUT2D eigenvalue weighted by Crippen LogP contribution is 2.16. The highest BCUT2D eigenvalue weighted by molar-refractivity contribution is 5.29. The van der Waals surface area contributed by atoms with Gasteiger partial charge in [0.25, 0.3) is 0 Å². The van der Waals surface area contributed by atoms with Crippen molar-refractivity contribution in [2.24, 2.45) is 0 Å². The predicted molar refractivity (Wildman–Crippen MR) is 96.7 cm³/mol. The molecule has 3 heteroatoms. The number of aromatic nitrogens is 1. The van der Waals surface area contributed by atoms with Crippen molar-refractivity contribution in [1.82, 2.24) is 10.3 Å². The Morgan fingerprint density at radius 1 is 0.875 bits per heavy atom. The Labute approximate surface area is 143 Å². The molecular weight excluding hydrogens is 296 g/mol. The van der Waals surface area contributed by atoms with E-state index in [-0.39, 0.29) is 0 Å².